The fourth-order valence-corrected chi connectivity index (χ4v) is 4.65. The molecule has 4 aromatic rings. The Kier molecular flexibility index (Phi) is 6.01. The number of amides is 2. The highest BCUT2D eigenvalue weighted by Gasteiger charge is 2.29. The molecule has 1 saturated heterocycles. The van der Waals surface area contributed by atoms with Gasteiger partial charge in [-0.3, -0.25) is 19.4 Å². The van der Waals surface area contributed by atoms with Crippen LogP contribution < -0.4 is 11.1 Å². The van der Waals surface area contributed by atoms with Crippen molar-refractivity contribution in [3.63, 3.8) is 0 Å². The molecule has 1 fully saturated rings. The molecule has 2 amide bonds. The summed E-state index contributed by atoms with van der Waals surface area (Å²) in [6, 6.07) is 9.12. The van der Waals surface area contributed by atoms with E-state index in [-0.39, 0.29) is 23.7 Å². The normalized spacial score (nSPS) is 15.3. The summed E-state index contributed by atoms with van der Waals surface area (Å²) in [6.07, 6.45) is 5.84. The minimum absolute atomic E-state index is 0.0568. The molecule has 3 aromatic heterocycles. The molecule has 10 heteroatoms. The molecule has 184 valence electrons. The maximum atomic E-state index is 13.1. The van der Waals surface area contributed by atoms with Crippen LogP contribution in [-0.4, -0.2) is 60.8 Å². The van der Waals surface area contributed by atoms with Gasteiger partial charge in [0.1, 0.15) is 5.82 Å². The first-order valence-corrected chi connectivity index (χ1v) is 11.8. The molecule has 1 aliphatic rings. The van der Waals surface area contributed by atoms with Crippen LogP contribution in [-0.2, 0) is 7.05 Å². The highest BCUT2D eigenvalue weighted by atomic mass is 16.2. The van der Waals surface area contributed by atoms with Gasteiger partial charge in [0.25, 0.3) is 11.8 Å². The van der Waals surface area contributed by atoms with Crippen molar-refractivity contribution in [3.8, 4) is 22.3 Å². The lowest BCUT2D eigenvalue weighted by molar-refractivity contribution is 0.0783. The number of aryl methyl sites for hydroxylation is 3. The number of anilines is 1. The number of nitrogens with two attached hydrogens (primary N) is 1. The molecule has 0 radical (unpaired) electrons. The number of nitrogens with one attached hydrogen (secondary N) is 2. The maximum Gasteiger partial charge on any atom is 0.255 e. The quantitative estimate of drug-likeness (QED) is 0.399. The second-order valence-corrected chi connectivity index (χ2v) is 9.16. The predicted octanol–water partition coefficient (Wildman–Crippen LogP) is 2.72. The average molecular weight is 485 g/mol. The summed E-state index contributed by atoms with van der Waals surface area (Å²) >= 11 is 0. The molecule has 4 heterocycles. The maximum absolute atomic E-state index is 13.1. The number of rotatable bonds is 5. The average Bonchev–Trinajstić information content (AvgIpc) is 3.60. The number of hydrogen-bond donors (Lipinski definition) is 3. The monoisotopic (exact) mass is 484 g/mol. The van der Waals surface area contributed by atoms with Crippen LogP contribution in [0.4, 0.5) is 5.82 Å². The van der Waals surface area contributed by atoms with Gasteiger partial charge in [-0.25, -0.2) is 4.98 Å². The Balaban J connectivity index is 1.24. The number of likely N-dealkylation sites (tertiary alicyclic amines) is 1. The molecule has 5 rings (SSSR count). The van der Waals surface area contributed by atoms with Gasteiger partial charge in [0.05, 0.1) is 17.5 Å². The zero-order chi connectivity index (χ0) is 25.4. The van der Waals surface area contributed by atoms with Crippen LogP contribution in [0.15, 0.2) is 48.9 Å². The molecule has 0 spiro atoms. The summed E-state index contributed by atoms with van der Waals surface area (Å²) in [7, 11) is 1.82. The van der Waals surface area contributed by atoms with Gasteiger partial charge < -0.3 is 16.0 Å². The van der Waals surface area contributed by atoms with E-state index in [1.807, 2.05) is 51.4 Å². The van der Waals surface area contributed by atoms with Crippen molar-refractivity contribution in [1.29, 1.82) is 0 Å². The first-order valence-electron chi connectivity index (χ1n) is 11.8. The van der Waals surface area contributed by atoms with E-state index in [1.165, 1.54) is 0 Å². The van der Waals surface area contributed by atoms with E-state index in [0.717, 1.165) is 33.6 Å². The Labute approximate surface area is 208 Å². The van der Waals surface area contributed by atoms with Crippen LogP contribution in [0.3, 0.4) is 0 Å². The summed E-state index contributed by atoms with van der Waals surface area (Å²) in [4.78, 5) is 32.0. The van der Waals surface area contributed by atoms with Gasteiger partial charge in [-0.05, 0) is 44.0 Å². The van der Waals surface area contributed by atoms with E-state index < -0.39 is 0 Å². The first kappa shape index (κ1) is 23.3. The third-order valence-corrected chi connectivity index (χ3v) is 6.56. The first-order chi connectivity index (χ1) is 17.3. The lowest BCUT2D eigenvalue weighted by Gasteiger charge is -2.18. The molecule has 10 nitrogen and oxygen atoms in total. The van der Waals surface area contributed by atoms with Gasteiger partial charge >= 0.3 is 0 Å². The van der Waals surface area contributed by atoms with Crippen molar-refractivity contribution in [3.05, 3.63) is 71.4 Å². The second kappa shape index (κ2) is 9.29. The SMILES string of the molecule is Cc1n[nH]c(C)c1-c1ccc(C(=O)N2CC[C@@H](NC(=O)c3cc(-c4cnn(C)c4)cnc3N)C2)cc1. The highest BCUT2D eigenvalue weighted by Crippen LogP contribution is 2.26. The summed E-state index contributed by atoms with van der Waals surface area (Å²) in [5, 5.41) is 14.4. The third kappa shape index (κ3) is 4.45. The Morgan fingerprint density at radius 2 is 1.89 bits per heavy atom. The lowest BCUT2D eigenvalue weighted by atomic mass is 10.0. The number of pyridine rings is 1. The fraction of sp³-hybridized carbons (Fsp3) is 0.269. The number of hydrogen-bond acceptors (Lipinski definition) is 6. The van der Waals surface area contributed by atoms with Gasteiger partial charge in [-0.15, -0.1) is 0 Å². The number of nitrogen functional groups attached to an aromatic ring is 1. The van der Waals surface area contributed by atoms with Crippen molar-refractivity contribution < 1.29 is 9.59 Å². The summed E-state index contributed by atoms with van der Waals surface area (Å²) < 4.78 is 1.68. The number of aromatic amines is 1. The molecule has 0 saturated carbocycles. The minimum atomic E-state index is -0.305. The highest BCUT2D eigenvalue weighted by molar-refractivity contribution is 6.00. The van der Waals surface area contributed by atoms with Crippen LogP contribution in [0.2, 0.25) is 0 Å². The molecule has 0 aliphatic carbocycles. The summed E-state index contributed by atoms with van der Waals surface area (Å²) in [5.41, 5.74) is 12.5. The zero-order valence-corrected chi connectivity index (χ0v) is 20.4. The lowest BCUT2D eigenvalue weighted by Crippen LogP contribution is -2.38. The molecule has 4 N–H and O–H groups in total. The largest absolute Gasteiger partial charge is 0.383 e. The van der Waals surface area contributed by atoms with Crippen LogP contribution in [0.5, 0.6) is 0 Å². The molecule has 1 atom stereocenters. The minimum Gasteiger partial charge on any atom is -0.383 e. The van der Waals surface area contributed by atoms with Crippen molar-refractivity contribution >= 4 is 17.6 Å². The topological polar surface area (TPSA) is 135 Å². The van der Waals surface area contributed by atoms with Crippen LogP contribution in [0.25, 0.3) is 22.3 Å². The predicted molar refractivity (Wildman–Crippen MR) is 136 cm³/mol. The smallest absolute Gasteiger partial charge is 0.255 e. The van der Waals surface area contributed by atoms with E-state index >= 15 is 0 Å². The third-order valence-electron chi connectivity index (χ3n) is 6.56. The number of aromatic nitrogens is 5. The van der Waals surface area contributed by atoms with Crippen LogP contribution >= 0.6 is 0 Å². The van der Waals surface area contributed by atoms with E-state index in [9.17, 15) is 9.59 Å². The van der Waals surface area contributed by atoms with Crippen molar-refractivity contribution in [2.75, 3.05) is 18.8 Å². The van der Waals surface area contributed by atoms with E-state index in [4.69, 9.17) is 5.73 Å². The molecule has 1 aliphatic heterocycles. The van der Waals surface area contributed by atoms with Crippen molar-refractivity contribution in [1.82, 2.24) is 35.2 Å². The summed E-state index contributed by atoms with van der Waals surface area (Å²) in [5.74, 6) is -0.201. The molecule has 0 unspecified atom stereocenters. The fourth-order valence-electron chi connectivity index (χ4n) is 4.65. The standard InChI is InChI=1S/C26H28N8O2/c1-15-23(16(2)32-31-15)17-4-6-18(7-5-17)26(36)34-9-8-21(14-34)30-25(35)22-10-19(11-28-24(22)27)20-12-29-33(3)13-20/h4-7,10-13,21H,8-9,14H2,1-3H3,(H2,27,28)(H,30,35)(H,31,32)/t21-/m1/s1. The van der Waals surface area contributed by atoms with E-state index in [2.05, 4.69) is 25.6 Å². The Morgan fingerprint density at radius 3 is 2.56 bits per heavy atom. The second-order valence-electron chi connectivity index (χ2n) is 9.16. The van der Waals surface area contributed by atoms with Gasteiger partial charge in [-0.2, -0.15) is 10.2 Å². The number of nitrogens with zero attached hydrogens (tertiary/aromatic N) is 5. The molecular formula is C26H28N8O2. The van der Waals surface area contributed by atoms with Crippen molar-refractivity contribution in [2.24, 2.45) is 7.05 Å². The van der Waals surface area contributed by atoms with Gasteiger partial charge in [0.2, 0.25) is 0 Å². The van der Waals surface area contributed by atoms with Crippen LogP contribution in [0.1, 0.15) is 38.5 Å². The number of carbonyl (C=O) groups excluding carboxylic acids is 2. The number of H-pyrrole nitrogens is 1. The van der Waals surface area contributed by atoms with Gasteiger partial charge in [0.15, 0.2) is 0 Å². The zero-order valence-electron chi connectivity index (χ0n) is 20.4. The molecule has 1 aromatic carbocycles. The van der Waals surface area contributed by atoms with E-state index in [1.54, 1.807) is 28.0 Å². The van der Waals surface area contributed by atoms with Crippen LogP contribution in [0, 0.1) is 13.8 Å². The molecular weight excluding hydrogens is 456 g/mol. The van der Waals surface area contributed by atoms with E-state index in [0.29, 0.717) is 30.6 Å². The van der Waals surface area contributed by atoms with Gasteiger partial charge in [0, 0.05) is 66.5 Å². The molecule has 0 bridgehead atoms. The number of carbonyl (C=O) groups is 2. The Hall–Kier alpha value is -4.47. The Bertz CT molecular complexity index is 1420. The Morgan fingerprint density at radius 1 is 1.11 bits per heavy atom. The summed E-state index contributed by atoms with van der Waals surface area (Å²) in [6.45, 7) is 4.93. The number of benzene rings is 1. The van der Waals surface area contributed by atoms with Gasteiger partial charge in [-0.1, -0.05) is 12.1 Å². The van der Waals surface area contributed by atoms with Crippen molar-refractivity contribution in [2.45, 2.75) is 26.3 Å². The molecule has 36 heavy (non-hydrogen) atoms.